The zero-order valence-corrected chi connectivity index (χ0v) is 9.00. The molecule has 0 bridgehead atoms. The van der Waals surface area contributed by atoms with Gasteiger partial charge in [-0.1, -0.05) is 0 Å². The molecule has 0 aliphatic carbocycles. The fourth-order valence-corrected chi connectivity index (χ4v) is 3.55. The number of nitrogens with one attached hydrogen (secondary N) is 1. The summed E-state index contributed by atoms with van der Waals surface area (Å²) >= 11 is 0. The van der Waals surface area contributed by atoms with Crippen LogP contribution in [0.3, 0.4) is 0 Å². The minimum atomic E-state index is -4.19. The van der Waals surface area contributed by atoms with Crippen LogP contribution in [0.15, 0.2) is 0 Å². The van der Waals surface area contributed by atoms with E-state index in [9.17, 15) is 21.6 Å². The van der Waals surface area contributed by atoms with Gasteiger partial charge in [-0.3, -0.25) is 0 Å². The topological polar surface area (TPSA) is 46.2 Å². The van der Waals surface area contributed by atoms with Crippen molar-refractivity contribution >= 4 is 9.84 Å². The van der Waals surface area contributed by atoms with Gasteiger partial charge in [0.05, 0.1) is 18.1 Å². The molecule has 1 saturated heterocycles. The van der Waals surface area contributed by atoms with Gasteiger partial charge in [0.25, 0.3) is 0 Å². The van der Waals surface area contributed by atoms with Crippen molar-refractivity contribution in [2.75, 3.05) is 24.6 Å². The highest BCUT2D eigenvalue weighted by atomic mass is 32.2. The van der Waals surface area contributed by atoms with Crippen LogP contribution >= 0.6 is 0 Å². The van der Waals surface area contributed by atoms with Crippen LogP contribution in [0, 0.1) is 5.92 Å². The van der Waals surface area contributed by atoms with Gasteiger partial charge in [0.15, 0.2) is 9.84 Å². The van der Waals surface area contributed by atoms with Crippen LogP contribution in [0.1, 0.15) is 12.8 Å². The third-order valence-corrected chi connectivity index (χ3v) is 4.22. The van der Waals surface area contributed by atoms with Crippen molar-refractivity contribution < 1.29 is 21.6 Å². The zero-order valence-electron chi connectivity index (χ0n) is 8.18. The first-order valence-electron chi connectivity index (χ1n) is 4.76. The highest BCUT2D eigenvalue weighted by molar-refractivity contribution is 7.91. The van der Waals surface area contributed by atoms with Gasteiger partial charge in [-0.25, -0.2) is 8.42 Å². The van der Waals surface area contributed by atoms with Crippen LogP contribution < -0.4 is 5.32 Å². The molecule has 1 heterocycles. The molecule has 3 nitrogen and oxygen atoms in total. The summed E-state index contributed by atoms with van der Waals surface area (Å²) in [5.41, 5.74) is 0. The van der Waals surface area contributed by atoms with Gasteiger partial charge in [0.1, 0.15) is 0 Å². The lowest BCUT2D eigenvalue weighted by Gasteiger charge is -2.10. The number of rotatable bonds is 4. The molecular formula is C8H14F3NO2S. The fourth-order valence-electron chi connectivity index (χ4n) is 1.64. The van der Waals surface area contributed by atoms with E-state index in [-0.39, 0.29) is 24.0 Å². The summed E-state index contributed by atoms with van der Waals surface area (Å²) in [4.78, 5) is 0. The second-order valence-electron chi connectivity index (χ2n) is 3.85. The Morgan fingerprint density at radius 2 is 2.00 bits per heavy atom. The van der Waals surface area contributed by atoms with E-state index in [1.54, 1.807) is 0 Å². The average Bonchev–Trinajstić information content (AvgIpc) is 2.38. The Bertz CT molecular complexity index is 299. The quantitative estimate of drug-likeness (QED) is 0.750. The predicted molar refractivity (Wildman–Crippen MR) is 50.3 cm³/mol. The van der Waals surface area contributed by atoms with E-state index < -0.39 is 22.6 Å². The second-order valence-corrected chi connectivity index (χ2v) is 6.08. The molecule has 1 aliphatic rings. The highest BCUT2D eigenvalue weighted by Crippen LogP contribution is 2.21. The lowest BCUT2D eigenvalue weighted by molar-refractivity contribution is -0.124. The van der Waals surface area contributed by atoms with Crippen LogP contribution in [0.4, 0.5) is 13.2 Å². The first kappa shape index (κ1) is 12.8. The average molecular weight is 245 g/mol. The summed E-state index contributed by atoms with van der Waals surface area (Å²) in [6, 6.07) is 0. The first-order chi connectivity index (χ1) is 6.79. The van der Waals surface area contributed by atoms with E-state index in [0.29, 0.717) is 12.8 Å². The third-order valence-electron chi connectivity index (χ3n) is 2.38. The van der Waals surface area contributed by atoms with Crippen molar-refractivity contribution in [3.63, 3.8) is 0 Å². The van der Waals surface area contributed by atoms with Crippen molar-refractivity contribution in [1.29, 1.82) is 0 Å². The largest absolute Gasteiger partial charge is 0.401 e. The molecule has 0 aromatic rings. The Hall–Kier alpha value is -0.300. The van der Waals surface area contributed by atoms with E-state index >= 15 is 0 Å². The van der Waals surface area contributed by atoms with E-state index in [4.69, 9.17) is 0 Å². The summed E-state index contributed by atoms with van der Waals surface area (Å²) in [5, 5.41) is 2.26. The maximum atomic E-state index is 11.7. The minimum Gasteiger partial charge on any atom is -0.309 e. The molecule has 15 heavy (non-hydrogen) atoms. The molecule has 0 aromatic heterocycles. The van der Waals surface area contributed by atoms with E-state index in [1.807, 2.05) is 0 Å². The maximum Gasteiger partial charge on any atom is 0.401 e. The molecule has 0 spiro atoms. The molecule has 90 valence electrons. The molecule has 1 rings (SSSR count). The second kappa shape index (κ2) is 4.69. The van der Waals surface area contributed by atoms with Gasteiger partial charge in [-0.05, 0) is 25.3 Å². The van der Waals surface area contributed by atoms with Crippen molar-refractivity contribution in [2.45, 2.75) is 19.0 Å². The Kier molecular flexibility index (Phi) is 3.99. The molecule has 0 aromatic carbocycles. The van der Waals surface area contributed by atoms with E-state index in [0.717, 1.165) is 0 Å². The number of sulfone groups is 1. The molecule has 7 heteroatoms. The molecule has 1 fully saturated rings. The molecule has 1 unspecified atom stereocenters. The number of halogens is 3. The first-order valence-corrected chi connectivity index (χ1v) is 6.58. The van der Waals surface area contributed by atoms with E-state index in [1.165, 1.54) is 0 Å². The summed E-state index contributed by atoms with van der Waals surface area (Å²) in [5.74, 6) is 0.327. The molecular weight excluding hydrogens is 231 g/mol. The molecule has 1 atom stereocenters. The molecule has 0 radical (unpaired) electrons. The van der Waals surface area contributed by atoms with Crippen molar-refractivity contribution in [3.8, 4) is 0 Å². The van der Waals surface area contributed by atoms with Crippen molar-refractivity contribution in [2.24, 2.45) is 5.92 Å². The molecule has 0 amide bonds. The van der Waals surface area contributed by atoms with Crippen molar-refractivity contribution in [1.82, 2.24) is 5.32 Å². The summed E-state index contributed by atoms with van der Waals surface area (Å²) in [6.07, 6.45) is -3.12. The van der Waals surface area contributed by atoms with Gasteiger partial charge in [0, 0.05) is 0 Å². The SMILES string of the molecule is O=S1(=O)CCC(CCNCC(F)(F)F)C1. The Balaban J connectivity index is 2.12. The standard InChI is InChI=1S/C8H14F3NO2S/c9-8(10,11)6-12-3-1-7-2-4-15(13,14)5-7/h7,12H,1-6H2. The van der Waals surface area contributed by atoms with Gasteiger partial charge in [-0.15, -0.1) is 0 Å². The van der Waals surface area contributed by atoms with Crippen molar-refractivity contribution in [3.05, 3.63) is 0 Å². The monoisotopic (exact) mass is 245 g/mol. The lowest BCUT2D eigenvalue weighted by atomic mass is 10.1. The van der Waals surface area contributed by atoms with Gasteiger partial charge < -0.3 is 5.32 Å². The Morgan fingerprint density at radius 3 is 2.47 bits per heavy atom. The molecule has 1 N–H and O–H groups in total. The number of hydrogen-bond donors (Lipinski definition) is 1. The Morgan fingerprint density at radius 1 is 1.33 bits per heavy atom. The smallest absolute Gasteiger partial charge is 0.309 e. The Labute approximate surface area is 87.0 Å². The van der Waals surface area contributed by atoms with Crippen LogP contribution in [0.5, 0.6) is 0 Å². The summed E-state index contributed by atoms with van der Waals surface area (Å²) in [6.45, 7) is -0.786. The van der Waals surface area contributed by atoms with Crippen LogP contribution in [0.2, 0.25) is 0 Å². The highest BCUT2D eigenvalue weighted by Gasteiger charge is 2.29. The summed E-state index contributed by atoms with van der Waals surface area (Å²) in [7, 11) is -2.91. The number of hydrogen-bond acceptors (Lipinski definition) is 3. The minimum absolute atomic E-state index is 0.0238. The number of alkyl halides is 3. The van der Waals surface area contributed by atoms with Crippen LogP contribution in [0.25, 0.3) is 0 Å². The van der Waals surface area contributed by atoms with Gasteiger partial charge in [-0.2, -0.15) is 13.2 Å². The fraction of sp³-hybridized carbons (Fsp3) is 1.00. The lowest BCUT2D eigenvalue weighted by Crippen LogP contribution is -2.30. The van der Waals surface area contributed by atoms with Crippen LogP contribution in [-0.2, 0) is 9.84 Å². The van der Waals surface area contributed by atoms with Gasteiger partial charge >= 0.3 is 6.18 Å². The van der Waals surface area contributed by atoms with E-state index in [2.05, 4.69) is 5.32 Å². The molecule has 0 saturated carbocycles. The van der Waals surface area contributed by atoms with Gasteiger partial charge in [0.2, 0.25) is 0 Å². The maximum absolute atomic E-state index is 11.7. The predicted octanol–water partition coefficient (Wildman–Crippen LogP) is 0.963. The molecule has 1 aliphatic heterocycles. The normalized spacial score (nSPS) is 25.7. The zero-order chi connectivity index (χ0) is 11.5. The summed E-state index contributed by atoms with van der Waals surface area (Å²) < 4.78 is 57.2. The third kappa shape index (κ3) is 5.36. The van der Waals surface area contributed by atoms with Crippen LogP contribution in [-0.4, -0.2) is 39.2 Å².